The highest BCUT2D eigenvalue weighted by Crippen LogP contribution is 2.42. The van der Waals surface area contributed by atoms with Gasteiger partial charge in [-0.3, -0.25) is 4.79 Å². The molecule has 3 N–H and O–H groups in total. The van der Waals surface area contributed by atoms with Gasteiger partial charge in [-0.2, -0.15) is 0 Å². The summed E-state index contributed by atoms with van der Waals surface area (Å²) in [5.41, 5.74) is 24.5. The van der Waals surface area contributed by atoms with Gasteiger partial charge in [0.15, 0.2) is 12.6 Å². The van der Waals surface area contributed by atoms with E-state index in [9.17, 15) is 14.7 Å². The number of halogens is 1. The molecule has 0 radical (unpaired) electrons. The second-order valence-corrected chi connectivity index (χ2v) is 24.9. The van der Waals surface area contributed by atoms with Crippen molar-refractivity contribution in [3.8, 4) is 0 Å². The predicted octanol–water partition coefficient (Wildman–Crippen LogP) is 28.2. The summed E-state index contributed by atoms with van der Waals surface area (Å²) in [5, 5.41) is 22.0. The van der Waals surface area contributed by atoms with Crippen LogP contribution >= 0.6 is 22.6 Å². The molecular formula is C102H142IN5O8. The van der Waals surface area contributed by atoms with Gasteiger partial charge in [0.25, 0.3) is 0 Å². The van der Waals surface area contributed by atoms with Crippen molar-refractivity contribution >= 4 is 91.7 Å². The zero-order chi connectivity index (χ0) is 85.8. The number of benzene rings is 10. The van der Waals surface area contributed by atoms with Crippen molar-refractivity contribution < 1.29 is 38.7 Å². The van der Waals surface area contributed by atoms with Crippen molar-refractivity contribution in [2.45, 2.75) is 222 Å². The molecule has 0 spiro atoms. The lowest BCUT2D eigenvalue weighted by molar-refractivity contribution is -0.160. The van der Waals surface area contributed by atoms with Gasteiger partial charge in [-0.1, -0.05) is 343 Å². The normalized spacial score (nSPS) is 13.8. The first-order chi connectivity index (χ1) is 57.3. The first-order valence-electron chi connectivity index (χ1n) is 43.3. The largest absolute Gasteiger partial charge is 0.480 e. The number of ether oxygens (including phenoxy) is 4. The van der Waals surface area contributed by atoms with Gasteiger partial charge in [-0.25, -0.2) is 0 Å². The molecule has 0 aliphatic carbocycles. The van der Waals surface area contributed by atoms with E-state index in [0.29, 0.717) is 13.3 Å². The molecule has 2 atom stereocenters. The van der Waals surface area contributed by atoms with Gasteiger partial charge in [-0.15, -0.1) is 0 Å². The van der Waals surface area contributed by atoms with Crippen LogP contribution in [0.25, 0.3) is 0 Å². The number of carboxylic acids is 1. The standard InChI is InChI=1S/C19H21NO2.C15H13NO2.C15H13NO.C14H13NO.C13H11N.C6H11IO2.10C2H6/c1-3-9-17-15(7-1)13-16-8-2-4-10-18(16)20(17)14-22-19-11-5-6-12-21-19;17-15(18)10-16-13-7-3-1-5-11(13)9-12-6-2-4-8-14(12)16;17-10-9-16-14-7-3-1-5-12(14)11-13-6-2-4-8-15(13)16;16-10-15-13-7-3-1-5-11(13)9-12-6-2-4-8-14(12)15;1-3-7-12-10(5-1)9-11-6-2-4-8-13(11)14-12;7-5-9-6-3-1-2-4-8-6;10*1-2/h1-4,7-10,19H,5-6,11-14H2;1-8H,9-10H2,(H,17,18);1-8,10H,9,11H2;1-8,16H,9-10H2;1-8,14H,9H2;6H,1-5H2;10*1-2H3. The van der Waals surface area contributed by atoms with Gasteiger partial charge >= 0.3 is 5.97 Å². The third kappa shape index (κ3) is 31.4. The molecule has 7 aliphatic rings. The van der Waals surface area contributed by atoms with Crippen LogP contribution in [0.3, 0.4) is 0 Å². The lowest BCUT2D eigenvalue weighted by Gasteiger charge is -2.34. The van der Waals surface area contributed by atoms with Gasteiger partial charge in [0.1, 0.15) is 30.9 Å². The fraction of sp³-hybridized carbons (Fsp3) is 0.392. The van der Waals surface area contributed by atoms with E-state index in [1.165, 1.54) is 97.6 Å². The van der Waals surface area contributed by atoms with E-state index in [0.717, 1.165) is 110 Å². The SMILES string of the molecule is CC.CC.CC.CC.CC.CC.CC.CC.CC.CC.ICOC1CCCCO1.O=C(O)CN1c2ccccc2Cc2ccccc21.O=CCN1c2ccccc2Cc2ccccc21.OCN1c2ccccc2Cc2ccccc21.c1ccc2c(c1)Cc1ccccc1N2.c1ccc2c(c1)Cc1ccccc1N2COC1CCCCO1. The second-order valence-electron chi connectivity index (χ2n) is 24.3. The number of carbonyl (C=O) groups is 2. The Morgan fingerprint density at radius 1 is 0.362 bits per heavy atom. The maximum atomic E-state index is 11.0. The Hall–Kier alpha value is -9.13. The first kappa shape index (κ1) is 103. The van der Waals surface area contributed by atoms with E-state index >= 15 is 0 Å². The zero-order valence-electron chi connectivity index (χ0n) is 74.1. The first-order valence-corrected chi connectivity index (χ1v) is 44.8. The molecule has 14 heteroatoms. The number of carboxylic acid groups (broad SMARTS) is 1. The molecule has 10 aromatic carbocycles. The van der Waals surface area contributed by atoms with E-state index in [1.807, 2.05) is 233 Å². The van der Waals surface area contributed by atoms with Gasteiger partial charge < -0.3 is 58.9 Å². The van der Waals surface area contributed by atoms with Crippen LogP contribution in [-0.2, 0) is 60.6 Å². The van der Waals surface area contributed by atoms with Crippen LogP contribution in [0.1, 0.15) is 233 Å². The summed E-state index contributed by atoms with van der Waals surface area (Å²) in [6, 6.07) is 83.1. The predicted molar refractivity (Wildman–Crippen MR) is 507 cm³/mol. The van der Waals surface area contributed by atoms with Crippen molar-refractivity contribution in [3.05, 3.63) is 298 Å². The summed E-state index contributed by atoms with van der Waals surface area (Å²) in [6.45, 7) is 42.7. The van der Waals surface area contributed by atoms with Crippen molar-refractivity contribution in [1.82, 2.24) is 0 Å². The molecule has 10 aromatic rings. The molecule has 0 amide bonds. The summed E-state index contributed by atoms with van der Waals surface area (Å²) < 4.78 is 23.0. The number of para-hydroxylation sites is 10. The van der Waals surface area contributed by atoms with Gasteiger partial charge in [0.2, 0.25) is 0 Å². The molecule has 17 rings (SSSR count). The number of rotatable bonds is 10. The number of anilines is 10. The van der Waals surface area contributed by atoms with E-state index in [2.05, 4.69) is 195 Å². The monoisotopic (exact) mass is 1690 g/mol. The molecule has 13 nitrogen and oxygen atoms in total. The summed E-state index contributed by atoms with van der Waals surface area (Å²) in [7, 11) is 0. The highest BCUT2D eigenvalue weighted by atomic mass is 127. The van der Waals surface area contributed by atoms with Crippen LogP contribution in [0.5, 0.6) is 0 Å². The maximum Gasteiger partial charge on any atom is 0.323 e. The summed E-state index contributed by atoms with van der Waals surface area (Å²) in [5.74, 6) is -0.818. The lowest BCUT2D eigenvalue weighted by Crippen LogP contribution is -2.31. The van der Waals surface area contributed by atoms with Crippen molar-refractivity contribution in [2.75, 3.05) is 69.3 Å². The number of hydrogen-bond donors (Lipinski definition) is 3. The number of aldehydes is 1. The fourth-order valence-electron chi connectivity index (χ4n) is 13.5. The Morgan fingerprint density at radius 3 is 0.879 bits per heavy atom. The molecule has 0 aromatic heterocycles. The van der Waals surface area contributed by atoms with Crippen molar-refractivity contribution in [1.29, 1.82) is 0 Å². The average Bonchev–Trinajstić information content (AvgIpc) is 0.794. The van der Waals surface area contributed by atoms with E-state index in [4.69, 9.17) is 24.1 Å². The topological polar surface area (TPSA) is 137 Å². The number of fused-ring (bicyclic) bond motifs is 10. The number of carbonyl (C=O) groups excluding carboxylic acids is 1. The summed E-state index contributed by atoms with van der Waals surface area (Å²) >= 11 is 2.19. The van der Waals surface area contributed by atoms with Crippen LogP contribution in [0.4, 0.5) is 56.9 Å². The van der Waals surface area contributed by atoms with Crippen molar-refractivity contribution in [2.24, 2.45) is 0 Å². The minimum absolute atomic E-state index is 0.00593. The Bertz CT molecular complexity index is 3940. The minimum atomic E-state index is -0.818. The number of aliphatic carboxylic acids is 1. The molecule has 2 saturated heterocycles. The number of nitrogens with zero attached hydrogens (tertiary/aromatic N) is 4. The van der Waals surface area contributed by atoms with Crippen molar-refractivity contribution in [3.63, 3.8) is 0 Å². The van der Waals surface area contributed by atoms with E-state index in [1.54, 1.807) is 0 Å². The van der Waals surface area contributed by atoms with Crippen LogP contribution in [0.2, 0.25) is 0 Å². The number of hydrogen-bond acceptors (Lipinski definition) is 12. The molecule has 2 fully saturated rings. The Kier molecular flexibility index (Phi) is 56.0. The van der Waals surface area contributed by atoms with Gasteiger partial charge in [0, 0.05) is 102 Å². The highest BCUT2D eigenvalue weighted by Gasteiger charge is 2.27. The minimum Gasteiger partial charge on any atom is -0.480 e. The molecule has 116 heavy (non-hydrogen) atoms. The van der Waals surface area contributed by atoms with Crippen LogP contribution < -0.4 is 24.9 Å². The number of nitrogens with one attached hydrogen (secondary N) is 1. The molecule has 0 saturated carbocycles. The molecule has 630 valence electrons. The van der Waals surface area contributed by atoms with Gasteiger partial charge in [0.05, 0.1) is 6.54 Å². The quantitative estimate of drug-likeness (QED) is 0.0681. The Labute approximate surface area is 715 Å². The van der Waals surface area contributed by atoms with E-state index in [-0.39, 0.29) is 25.9 Å². The van der Waals surface area contributed by atoms with E-state index < -0.39 is 5.97 Å². The lowest BCUT2D eigenvalue weighted by atomic mass is 9.96. The number of alkyl halides is 1. The fourth-order valence-corrected chi connectivity index (χ4v) is 13.9. The zero-order valence-corrected chi connectivity index (χ0v) is 76.2. The molecule has 2 unspecified atom stereocenters. The molecular weight excluding hydrogens is 1550 g/mol. The molecule has 7 heterocycles. The smallest absolute Gasteiger partial charge is 0.323 e. The molecule has 0 bridgehead atoms. The summed E-state index contributed by atoms with van der Waals surface area (Å²) in [6.07, 6.45) is 12.6. The third-order valence-corrected chi connectivity index (χ3v) is 18.4. The Balaban J connectivity index is 0.000000457. The third-order valence-electron chi connectivity index (χ3n) is 18.1. The summed E-state index contributed by atoms with van der Waals surface area (Å²) in [4.78, 5) is 30.1. The second kappa shape index (κ2) is 63.1. The van der Waals surface area contributed by atoms with Crippen LogP contribution in [0, 0.1) is 0 Å². The number of aliphatic hydroxyl groups is 1. The number of aliphatic hydroxyl groups excluding tert-OH is 1. The van der Waals surface area contributed by atoms with Crippen LogP contribution in [-0.4, -0.2) is 79.4 Å². The van der Waals surface area contributed by atoms with Crippen LogP contribution in [0.15, 0.2) is 243 Å². The Morgan fingerprint density at radius 2 is 0.612 bits per heavy atom. The maximum absolute atomic E-state index is 11.0. The highest BCUT2D eigenvalue weighted by molar-refractivity contribution is 14.1. The van der Waals surface area contributed by atoms with Gasteiger partial charge in [-0.05, 0) is 155 Å². The molecule has 7 aliphatic heterocycles. The average molecular weight is 1690 g/mol.